The summed E-state index contributed by atoms with van der Waals surface area (Å²) >= 11 is 0. The van der Waals surface area contributed by atoms with Crippen LogP contribution in [0.25, 0.3) is 0 Å². The summed E-state index contributed by atoms with van der Waals surface area (Å²) in [6, 6.07) is 0. The summed E-state index contributed by atoms with van der Waals surface area (Å²) in [6.07, 6.45) is 12.7. The normalized spacial score (nSPS) is 21.4. The second-order valence-electron chi connectivity index (χ2n) is 8.02. The molecule has 1 rings (SSSR count). The quantitative estimate of drug-likeness (QED) is 0.613. The summed E-state index contributed by atoms with van der Waals surface area (Å²) in [4.78, 5) is 2.73. The molecule has 0 radical (unpaired) electrons. The predicted octanol–water partition coefficient (Wildman–Crippen LogP) is 4.84. The van der Waals surface area contributed by atoms with Crippen molar-refractivity contribution < 1.29 is 0 Å². The highest BCUT2D eigenvalue weighted by Gasteiger charge is 2.15. The first-order chi connectivity index (χ1) is 10.0. The molecule has 0 saturated carbocycles. The van der Waals surface area contributed by atoms with Crippen molar-refractivity contribution in [1.29, 1.82) is 0 Å². The molecular weight excluding hydrogens is 256 g/mol. The van der Waals surface area contributed by atoms with Gasteiger partial charge in [0.1, 0.15) is 0 Å². The van der Waals surface area contributed by atoms with E-state index in [9.17, 15) is 0 Å². The van der Waals surface area contributed by atoms with Crippen LogP contribution in [0.5, 0.6) is 0 Å². The van der Waals surface area contributed by atoms with Gasteiger partial charge >= 0.3 is 0 Å². The van der Waals surface area contributed by atoms with Crippen LogP contribution in [0.4, 0.5) is 0 Å². The third-order valence-corrected chi connectivity index (χ3v) is 4.69. The van der Waals surface area contributed by atoms with Crippen LogP contribution in [0.2, 0.25) is 0 Å². The highest BCUT2D eigenvalue weighted by atomic mass is 15.1. The van der Waals surface area contributed by atoms with Crippen molar-refractivity contribution in [3.63, 3.8) is 0 Å². The van der Waals surface area contributed by atoms with Crippen molar-refractivity contribution in [3.05, 3.63) is 0 Å². The minimum atomic E-state index is 0.279. The summed E-state index contributed by atoms with van der Waals surface area (Å²) in [6.45, 7) is 14.3. The minimum Gasteiger partial charge on any atom is -0.312 e. The number of nitrogens with one attached hydrogen (secondary N) is 1. The van der Waals surface area contributed by atoms with Crippen molar-refractivity contribution in [2.45, 2.75) is 91.0 Å². The summed E-state index contributed by atoms with van der Waals surface area (Å²) in [5.74, 6) is 1.02. The summed E-state index contributed by atoms with van der Waals surface area (Å²) in [5.41, 5.74) is 0.279. The third kappa shape index (κ3) is 10.3. The molecule has 1 aliphatic heterocycles. The van der Waals surface area contributed by atoms with Gasteiger partial charge in [0.2, 0.25) is 0 Å². The molecule has 0 aromatic heterocycles. The van der Waals surface area contributed by atoms with E-state index in [4.69, 9.17) is 0 Å². The summed E-state index contributed by atoms with van der Waals surface area (Å²) < 4.78 is 0. The molecule has 0 bridgehead atoms. The van der Waals surface area contributed by atoms with Crippen molar-refractivity contribution in [1.82, 2.24) is 10.2 Å². The van der Waals surface area contributed by atoms with Crippen LogP contribution in [0.3, 0.4) is 0 Å². The molecule has 126 valence electrons. The Morgan fingerprint density at radius 2 is 1.76 bits per heavy atom. The zero-order chi connectivity index (χ0) is 15.6. The van der Waals surface area contributed by atoms with Crippen molar-refractivity contribution >= 4 is 0 Å². The fourth-order valence-electron chi connectivity index (χ4n) is 3.42. The monoisotopic (exact) mass is 296 g/mol. The lowest BCUT2D eigenvalue weighted by Crippen LogP contribution is -2.36. The Hall–Kier alpha value is -0.0800. The maximum Gasteiger partial charge on any atom is 0.00965 e. The predicted molar refractivity (Wildman–Crippen MR) is 94.9 cm³/mol. The van der Waals surface area contributed by atoms with E-state index in [0.717, 1.165) is 5.92 Å². The molecule has 1 atom stereocenters. The molecule has 1 aliphatic rings. The average molecular weight is 297 g/mol. The fourth-order valence-corrected chi connectivity index (χ4v) is 3.42. The second kappa shape index (κ2) is 10.6. The van der Waals surface area contributed by atoms with Crippen LogP contribution in [0.15, 0.2) is 0 Å². The molecule has 1 N–H and O–H groups in total. The van der Waals surface area contributed by atoms with Crippen molar-refractivity contribution in [2.24, 2.45) is 5.92 Å². The lowest BCUT2D eigenvalue weighted by Gasteiger charge is -2.21. The number of rotatable bonds is 9. The average Bonchev–Trinajstić information content (AvgIpc) is 2.62. The fraction of sp³-hybridized carbons (Fsp3) is 1.00. The summed E-state index contributed by atoms with van der Waals surface area (Å²) in [5, 5.41) is 3.58. The molecule has 1 heterocycles. The number of likely N-dealkylation sites (tertiary alicyclic amines) is 1. The largest absolute Gasteiger partial charge is 0.312 e. The Balaban J connectivity index is 1.98. The zero-order valence-electron chi connectivity index (χ0n) is 15.2. The van der Waals surface area contributed by atoms with Crippen LogP contribution in [0.1, 0.15) is 85.5 Å². The lowest BCUT2D eigenvalue weighted by atomic mass is 9.96. The van der Waals surface area contributed by atoms with Gasteiger partial charge in [0, 0.05) is 5.54 Å². The van der Waals surface area contributed by atoms with Crippen LogP contribution in [0, 0.1) is 5.92 Å². The second-order valence-corrected chi connectivity index (χ2v) is 8.02. The van der Waals surface area contributed by atoms with Gasteiger partial charge in [-0.1, -0.05) is 32.6 Å². The van der Waals surface area contributed by atoms with E-state index >= 15 is 0 Å². The maximum atomic E-state index is 3.58. The maximum absolute atomic E-state index is 3.58. The Morgan fingerprint density at radius 3 is 2.48 bits per heavy atom. The van der Waals surface area contributed by atoms with Crippen LogP contribution in [-0.2, 0) is 0 Å². The van der Waals surface area contributed by atoms with Crippen LogP contribution < -0.4 is 5.32 Å². The number of hydrogen-bond acceptors (Lipinski definition) is 2. The van der Waals surface area contributed by atoms with E-state index < -0.39 is 0 Å². The van der Waals surface area contributed by atoms with E-state index in [0.29, 0.717) is 0 Å². The van der Waals surface area contributed by atoms with Gasteiger partial charge in [-0.25, -0.2) is 0 Å². The Morgan fingerprint density at radius 1 is 1.00 bits per heavy atom. The first-order valence-corrected chi connectivity index (χ1v) is 9.48. The first kappa shape index (κ1) is 19.0. The molecule has 0 amide bonds. The Bertz CT molecular complexity index is 244. The molecule has 0 aromatic carbocycles. The molecule has 21 heavy (non-hydrogen) atoms. The third-order valence-electron chi connectivity index (χ3n) is 4.69. The first-order valence-electron chi connectivity index (χ1n) is 9.48. The van der Waals surface area contributed by atoms with Gasteiger partial charge in [-0.15, -0.1) is 0 Å². The molecule has 0 aromatic rings. The summed E-state index contributed by atoms with van der Waals surface area (Å²) in [7, 11) is 0. The topological polar surface area (TPSA) is 15.3 Å². The van der Waals surface area contributed by atoms with Gasteiger partial charge < -0.3 is 10.2 Å². The molecular formula is C19H40N2. The number of nitrogens with zero attached hydrogens (tertiary/aromatic N) is 1. The minimum absolute atomic E-state index is 0.279. The standard InChI is InChI=1S/C19H40N2/c1-5-11-18-12-10-16-21(17-13-18)15-9-7-6-8-14-20-19(2,3)4/h18,20H,5-17H2,1-4H3. The van der Waals surface area contributed by atoms with E-state index in [1.165, 1.54) is 84.0 Å². The molecule has 1 saturated heterocycles. The Labute approximate surface area is 134 Å². The van der Waals surface area contributed by atoms with E-state index in [-0.39, 0.29) is 5.54 Å². The van der Waals surface area contributed by atoms with Gasteiger partial charge in [0.05, 0.1) is 0 Å². The van der Waals surface area contributed by atoms with E-state index in [1.807, 2.05) is 0 Å². The molecule has 2 nitrogen and oxygen atoms in total. The SMILES string of the molecule is CCCC1CCCN(CCCCCCNC(C)(C)C)CC1. The lowest BCUT2D eigenvalue weighted by molar-refractivity contribution is 0.272. The number of unbranched alkanes of at least 4 members (excludes halogenated alkanes) is 3. The van der Waals surface area contributed by atoms with Crippen molar-refractivity contribution in [3.8, 4) is 0 Å². The Kier molecular flexibility index (Phi) is 9.59. The van der Waals surface area contributed by atoms with Crippen LogP contribution in [-0.4, -0.2) is 36.6 Å². The highest BCUT2D eigenvalue weighted by molar-refractivity contribution is 4.71. The van der Waals surface area contributed by atoms with Gasteiger partial charge in [0.25, 0.3) is 0 Å². The van der Waals surface area contributed by atoms with Gasteiger partial charge in [-0.2, -0.15) is 0 Å². The molecule has 1 unspecified atom stereocenters. The van der Waals surface area contributed by atoms with Crippen LogP contribution >= 0.6 is 0 Å². The molecule has 0 aliphatic carbocycles. The van der Waals surface area contributed by atoms with E-state index in [1.54, 1.807) is 0 Å². The van der Waals surface area contributed by atoms with Crippen molar-refractivity contribution in [2.75, 3.05) is 26.2 Å². The smallest absolute Gasteiger partial charge is 0.00965 e. The molecule has 0 spiro atoms. The zero-order valence-corrected chi connectivity index (χ0v) is 15.2. The number of hydrogen-bond donors (Lipinski definition) is 1. The van der Waals surface area contributed by atoms with Gasteiger partial charge in [-0.05, 0) is 85.0 Å². The molecule has 2 heteroatoms. The van der Waals surface area contributed by atoms with Gasteiger partial charge in [0.15, 0.2) is 0 Å². The molecule has 1 fully saturated rings. The van der Waals surface area contributed by atoms with Gasteiger partial charge in [-0.3, -0.25) is 0 Å². The van der Waals surface area contributed by atoms with E-state index in [2.05, 4.69) is 37.9 Å². The highest BCUT2D eigenvalue weighted by Crippen LogP contribution is 2.22.